The van der Waals surface area contributed by atoms with Crippen LogP contribution in [0.15, 0.2) is 23.2 Å². The number of benzene rings is 1. The number of ether oxygens (including phenoxy) is 3. The number of halogens is 1. The van der Waals surface area contributed by atoms with E-state index in [4.69, 9.17) is 19.2 Å². The minimum atomic E-state index is 0. The number of nitrogens with one attached hydrogen (secondary N) is 2. The van der Waals surface area contributed by atoms with Crippen LogP contribution >= 0.6 is 24.0 Å². The van der Waals surface area contributed by atoms with Gasteiger partial charge in [-0.3, -0.25) is 4.99 Å². The van der Waals surface area contributed by atoms with Gasteiger partial charge in [0.1, 0.15) is 11.5 Å². The second kappa shape index (κ2) is 15.4. The summed E-state index contributed by atoms with van der Waals surface area (Å²) in [6.07, 6.45) is 4.23. The fourth-order valence-corrected chi connectivity index (χ4v) is 3.42. The Hall–Kier alpha value is -1.42. The van der Waals surface area contributed by atoms with E-state index in [0.29, 0.717) is 6.04 Å². The summed E-state index contributed by atoms with van der Waals surface area (Å²) in [6.45, 7) is 9.41. The molecule has 1 fully saturated rings. The van der Waals surface area contributed by atoms with Gasteiger partial charge in [-0.05, 0) is 39.5 Å². The van der Waals surface area contributed by atoms with E-state index in [1.807, 2.05) is 13.0 Å². The third-order valence-corrected chi connectivity index (χ3v) is 5.05. The maximum atomic E-state index is 5.41. The Kier molecular flexibility index (Phi) is 13.7. The van der Waals surface area contributed by atoms with Crippen molar-refractivity contribution in [1.82, 2.24) is 10.6 Å². The molecule has 8 heteroatoms. The number of hydrogen-bond acceptors (Lipinski definition) is 5. The molecular formula is C22H39IN4O3. The standard InChI is InChI=1S/C22H38N4O3.HI/c1-5-23-22(24-11-7-8-14-29-6-2)25-18-9-12-26(13-10-18)19-15-20(27-3)17-21(16-19)28-4;/h15-18H,5-14H2,1-4H3,(H2,23,24,25);1H. The minimum Gasteiger partial charge on any atom is -0.497 e. The van der Waals surface area contributed by atoms with Gasteiger partial charge < -0.3 is 29.7 Å². The quantitative estimate of drug-likeness (QED) is 0.196. The molecule has 0 unspecified atom stereocenters. The van der Waals surface area contributed by atoms with Crippen molar-refractivity contribution in [3.63, 3.8) is 0 Å². The molecule has 2 N–H and O–H groups in total. The first-order valence-corrected chi connectivity index (χ1v) is 10.8. The van der Waals surface area contributed by atoms with E-state index < -0.39 is 0 Å². The molecule has 0 saturated carbocycles. The van der Waals surface area contributed by atoms with Crippen LogP contribution in [0.1, 0.15) is 39.5 Å². The summed E-state index contributed by atoms with van der Waals surface area (Å²) in [6, 6.07) is 6.49. The Morgan fingerprint density at radius 2 is 1.73 bits per heavy atom. The zero-order valence-corrected chi connectivity index (χ0v) is 21.2. The lowest BCUT2D eigenvalue weighted by Crippen LogP contribution is -2.48. The summed E-state index contributed by atoms with van der Waals surface area (Å²) in [5.41, 5.74) is 1.15. The number of methoxy groups -OCH3 is 2. The van der Waals surface area contributed by atoms with Crippen molar-refractivity contribution < 1.29 is 14.2 Å². The summed E-state index contributed by atoms with van der Waals surface area (Å²) < 4.78 is 16.2. The SMILES string of the molecule is CCNC(=NCCCCOCC)NC1CCN(c2cc(OC)cc(OC)c2)CC1.I. The van der Waals surface area contributed by atoms with Crippen LogP contribution < -0.4 is 25.0 Å². The molecule has 0 atom stereocenters. The molecule has 0 amide bonds. The van der Waals surface area contributed by atoms with Crippen molar-refractivity contribution in [2.75, 3.05) is 58.5 Å². The van der Waals surface area contributed by atoms with Gasteiger partial charge in [-0.25, -0.2) is 0 Å². The van der Waals surface area contributed by atoms with E-state index >= 15 is 0 Å². The highest BCUT2D eigenvalue weighted by Gasteiger charge is 2.21. The average molecular weight is 534 g/mol. The number of hydrogen-bond donors (Lipinski definition) is 2. The highest BCUT2D eigenvalue weighted by atomic mass is 127. The van der Waals surface area contributed by atoms with Gasteiger partial charge in [-0.1, -0.05) is 0 Å². The lowest BCUT2D eigenvalue weighted by atomic mass is 10.0. The molecule has 1 saturated heterocycles. The van der Waals surface area contributed by atoms with Crippen LogP contribution in [0.4, 0.5) is 5.69 Å². The molecule has 0 bridgehead atoms. The Bertz CT molecular complexity index is 600. The number of rotatable bonds is 11. The van der Waals surface area contributed by atoms with Crippen molar-refractivity contribution in [3.05, 3.63) is 18.2 Å². The molecule has 30 heavy (non-hydrogen) atoms. The maximum Gasteiger partial charge on any atom is 0.191 e. The molecule has 1 aliphatic heterocycles. The van der Waals surface area contributed by atoms with Crippen LogP contribution in [0.5, 0.6) is 11.5 Å². The van der Waals surface area contributed by atoms with Crippen LogP contribution in [0.3, 0.4) is 0 Å². The van der Waals surface area contributed by atoms with Crippen molar-refractivity contribution >= 4 is 35.6 Å². The van der Waals surface area contributed by atoms with Gasteiger partial charge in [0.2, 0.25) is 0 Å². The molecule has 0 spiro atoms. The van der Waals surface area contributed by atoms with E-state index in [9.17, 15) is 0 Å². The zero-order chi connectivity index (χ0) is 20.9. The van der Waals surface area contributed by atoms with Gasteiger partial charge in [0.15, 0.2) is 5.96 Å². The van der Waals surface area contributed by atoms with E-state index in [1.165, 1.54) is 0 Å². The zero-order valence-electron chi connectivity index (χ0n) is 18.9. The van der Waals surface area contributed by atoms with Crippen molar-refractivity contribution in [2.45, 2.75) is 45.6 Å². The normalized spacial score (nSPS) is 14.8. The van der Waals surface area contributed by atoms with Crippen molar-refractivity contribution in [1.29, 1.82) is 0 Å². The van der Waals surface area contributed by atoms with Crippen molar-refractivity contribution in [2.24, 2.45) is 4.99 Å². The Morgan fingerprint density at radius 1 is 1.07 bits per heavy atom. The average Bonchev–Trinajstić information content (AvgIpc) is 2.76. The Labute approximate surface area is 199 Å². The molecule has 1 aromatic carbocycles. The lowest BCUT2D eigenvalue weighted by Gasteiger charge is -2.34. The molecule has 172 valence electrons. The monoisotopic (exact) mass is 534 g/mol. The first-order valence-electron chi connectivity index (χ1n) is 10.8. The summed E-state index contributed by atoms with van der Waals surface area (Å²) in [5, 5.41) is 6.97. The van der Waals surface area contributed by atoms with Crippen LogP contribution in [0, 0.1) is 0 Å². The van der Waals surface area contributed by atoms with E-state index in [-0.39, 0.29) is 24.0 Å². The van der Waals surface area contributed by atoms with Crippen LogP contribution in [0.2, 0.25) is 0 Å². The van der Waals surface area contributed by atoms with Gasteiger partial charge in [-0.2, -0.15) is 0 Å². The van der Waals surface area contributed by atoms with E-state index in [2.05, 4.69) is 34.6 Å². The Morgan fingerprint density at radius 3 is 2.30 bits per heavy atom. The maximum absolute atomic E-state index is 5.41. The van der Waals surface area contributed by atoms with E-state index in [1.54, 1.807) is 14.2 Å². The molecule has 1 aliphatic rings. The van der Waals surface area contributed by atoms with Crippen molar-refractivity contribution in [3.8, 4) is 11.5 Å². The lowest BCUT2D eigenvalue weighted by molar-refractivity contribution is 0.144. The smallest absolute Gasteiger partial charge is 0.191 e. The second-order valence-electron chi connectivity index (χ2n) is 7.14. The molecular weight excluding hydrogens is 495 g/mol. The highest BCUT2D eigenvalue weighted by molar-refractivity contribution is 14.0. The van der Waals surface area contributed by atoms with Crippen LogP contribution in [0.25, 0.3) is 0 Å². The molecule has 0 aromatic heterocycles. The molecule has 0 radical (unpaired) electrons. The number of guanidine groups is 1. The predicted molar refractivity (Wildman–Crippen MR) is 135 cm³/mol. The first-order chi connectivity index (χ1) is 14.2. The molecule has 0 aliphatic carbocycles. The van der Waals surface area contributed by atoms with E-state index in [0.717, 1.165) is 88.2 Å². The highest BCUT2D eigenvalue weighted by Crippen LogP contribution is 2.30. The number of anilines is 1. The number of piperidine rings is 1. The molecule has 2 rings (SSSR count). The van der Waals surface area contributed by atoms with Gasteiger partial charge >= 0.3 is 0 Å². The van der Waals surface area contributed by atoms with Gasteiger partial charge in [0.05, 0.1) is 14.2 Å². The summed E-state index contributed by atoms with van der Waals surface area (Å²) >= 11 is 0. The third-order valence-electron chi connectivity index (χ3n) is 5.05. The largest absolute Gasteiger partial charge is 0.497 e. The second-order valence-corrected chi connectivity index (χ2v) is 7.14. The molecule has 1 heterocycles. The Balaban J connectivity index is 0.00000450. The van der Waals surface area contributed by atoms with Gasteiger partial charge in [-0.15, -0.1) is 24.0 Å². The van der Waals surface area contributed by atoms with Crippen LogP contribution in [-0.4, -0.2) is 65.6 Å². The fraction of sp³-hybridized carbons (Fsp3) is 0.682. The van der Waals surface area contributed by atoms with Gasteiger partial charge in [0.25, 0.3) is 0 Å². The number of aliphatic imine (C=N–C) groups is 1. The predicted octanol–water partition coefficient (Wildman–Crippen LogP) is 3.66. The fourth-order valence-electron chi connectivity index (χ4n) is 3.42. The number of unbranched alkanes of at least 4 members (excludes halogenated alkanes) is 1. The molecule has 1 aromatic rings. The third kappa shape index (κ3) is 9.16. The molecule has 7 nitrogen and oxygen atoms in total. The topological polar surface area (TPSA) is 67.4 Å². The number of nitrogens with zero attached hydrogens (tertiary/aromatic N) is 2. The summed E-state index contributed by atoms with van der Waals surface area (Å²) in [4.78, 5) is 7.11. The minimum absolute atomic E-state index is 0. The summed E-state index contributed by atoms with van der Waals surface area (Å²) in [7, 11) is 3.38. The first kappa shape index (κ1) is 26.6. The van der Waals surface area contributed by atoms with Gasteiger partial charge in [0, 0.05) is 69.3 Å². The summed E-state index contributed by atoms with van der Waals surface area (Å²) in [5.74, 6) is 2.57. The van der Waals surface area contributed by atoms with Crippen LogP contribution in [-0.2, 0) is 4.74 Å².